The van der Waals surface area contributed by atoms with Crippen LogP contribution in [0.3, 0.4) is 0 Å². The van der Waals surface area contributed by atoms with Crippen LogP contribution in [0.2, 0.25) is 0 Å². The summed E-state index contributed by atoms with van der Waals surface area (Å²) in [5.41, 5.74) is 3.52. The molecule has 2 aromatic rings. The number of aliphatic hydroxyl groups excluding tert-OH is 1. The van der Waals surface area contributed by atoms with Gasteiger partial charge in [0.1, 0.15) is 0 Å². The third-order valence-electron chi connectivity index (χ3n) is 3.06. The highest BCUT2D eigenvalue weighted by molar-refractivity contribution is 7.98. The zero-order valence-electron chi connectivity index (χ0n) is 11.6. The number of aromatic nitrogens is 2. The second-order valence-corrected chi connectivity index (χ2v) is 5.65. The molecule has 0 spiro atoms. The van der Waals surface area contributed by atoms with Gasteiger partial charge in [0.05, 0.1) is 0 Å². The number of nitrogens with zero attached hydrogens (tertiary/aromatic N) is 1. The summed E-state index contributed by atoms with van der Waals surface area (Å²) in [5, 5.41) is 9.55. The van der Waals surface area contributed by atoms with Gasteiger partial charge >= 0.3 is 0 Å². The Balaban J connectivity index is 2.10. The smallest absolute Gasteiger partial charge is 0.255 e. The van der Waals surface area contributed by atoms with Gasteiger partial charge in [-0.15, -0.1) is 0 Å². The number of aromatic amines is 1. The minimum atomic E-state index is -0.155. The maximum atomic E-state index is 11.9. The lowest BCUT2D eigenvalue weighted by molar-refractivity contribution is 0.298. The van der Waals surface area contributed by atoms with E-state index in [1.165, 1.54) is 22.9 Å². The summed E-state index contributed by atoms with van der Waals surface area (Å²) in [5.74, 6) is 0.766. The number of aliphatic hydroxyl groups is 1. The molecule has 0 aliphatic carbocycles. The first-order valence-electron chi connectivity index (χ1n) is 6.49. The van der Waals surface area contributed by atoms with Gasteiger partial charge in [-0.05, 0) is 19.4 Å². The van der Waals surface area contributed by atoms with Crippen molar-refractivity contribution < 1.29 is 5.11 Å². The number of thioether (sulfide) groups is 1. The lowest BCUT2D eigenvalue weighted by Crippen LogP contribution is -2.18. The Morgan fingerprint density at radius 1 is 1.25 bits per heavy atom. The Hall–Kier alpha value is -1.59. The summed E-state index contributed by atoms with van der Waals surface area (Å²) in [6, 6.07) is 8.30. The summed E-state index contributed by atoms with van der Waals surface area (Å²) >= 11 is 1.51. The molecule has 1 aromatic heterocycles. The molecule has 0 atom stereocenters. The molecule has 0 saturated heterocycles. The van der Waals surface area contributed by atoms with Crippen molar-refractivity contribution in [2.75, 3.05) is 6.61 Å². The SMILES string of the molecule is Cc1ccc(CSc2nc(C)c(CCO)c(=O)[nH]2)cc1. The molecule has 2 N–H and O–H groups in total. The van der Waals surface area contributed by atoms with Crippen LogP contribution in [0, 0.1) is 13.8 Å². The van der Waals surface area contributed by atoms with Crippen LogP contribution >= 0.6 is 11.8 Å². The second kappa shape index (κ2) is 6.72. The van der Waals surface area contributed by atoms with Crippen molar-refractivity contribution >= 4 is 11.8 Å². The highest BCUT2D eigenvalue weighted by Gasteiger charge is 2.08. The normalized spacial score (nSPS) is 10.8. The molecule has 0 bridgehead atoms. The highest BCUT2D eigenvalue weighted by atomic mass is 32.2. The van der Waals surface area contributed by atoms with E-state index in [1.54, 1.807) is 6.92 Å². The molecule has 0 saturated carbocycles. The molecule has 106 valence electrons. The van der Waals surface area contributed by atoms with Crippen molar-refractivity contribution in [3.8, 4) is 0 Å². The number of rotatable bonds is 5. The molecule has 0 amide bonds. The number of hydrogen-bond acceptors (Lipinski definition) is 4. The first kappa shape index (κ1) is 14.8. The van der Waals surface area contributed by atoms with E-state index < -0.39 is 0 Å². The topological polar surface area (TPSA) is 66.0 Å². The minimum absolute atomic E-state index is 0.0402. The average Bonchev–Trinajstić information content (AvgIpc) is 2.42. The number of nitrogens with one attached hydrogen (secondary N) is 1. The third-order valence-corrected chi connectivity index (χ3v) is 4.00. The van der Waals surface area contributed by atoms with Gasteiger partial charge in [-0.3, -0.25) is 4.79 Å². The Kier molecular flexibility index (Phi) is 4.98. The number of H-pyrrole nitrogens is 1. The predicted octanol–water partition coefficient (Wildman–Crippen LogP) is 2.21. The van der Waals surface area contributed by atoms with Gasteiger partial charge in [0.15, 0.2) is 5.16 Å². The molecule has 1 aromatic carbocycles. The molecule has 1 heterocycles. The Morgan fingerprint density at radius 2 is 1.95 bits per heavy atom. The molecule has 0 unspecified atom stereocenters. The van der Waals surface area contributed by atoms with Gasteiger partial charge in [0.25, 0.3) is 5.56 Å². The fourth-order valence-electron chi connectivity index (χ4n) is 1.90. The summed E-state index contributed by atoms with van der Waals surface area (Å²) in [4.78, 5) is 19.0. The number of aryl methyl sites for hydroxylation is 2. The van der Waals surface area contributed by atoms with E-state index in [2.05, 4.69) is 41.2 Å². The van der Waals surface area contributed by atoms with E-state index in [4.69, 9.17) is 5.11 Å². The van der Waals surface area contributed by atoms with E-state index >= 15 is 0 Å². The number of benzene rings is 1. The quantitative estimate of drug-likeness (QED) is 0.654. The van der Waals surface area contributed by atoms with Crippen molar-refractivity contribution in [1.82, 2.24) is 9.97 Å². The van der Waals surface area contributed by atoms with E-state index in [0.717, 1.165) is 5.75 Å². The average molecular weight is 290 g/mol. The first-order valence-corrected chi connectivity index (χ1v) is 7.47. The first-order chi connectivity index (χ1) is 9.60. The van der Waals surface area contributed by atoms with Crippen LogP contribution in [0.25, 0.3) is 0 Å². The van der Waals surface area contributed by atoms with Gasteiger partial charge in [-0.25, -0.2) is 4.98 Å². The Bertz CT molecular complexity index is 635. The minimum Gasteiger partial charge on any atom is -0.396 e. The van der Waals surface area contributed by atoms with Crippen LogP contribution in [0.4, 0.5) is 0 Å². The summed E-state index contributed by atoms with van der Waals surface area (Å²) in [6.45, 7) is 3.82. The third kappa shape index (κ3) is 3.71. The van der Waals surface area contributed by atoms with Crippen molar-refractivity contribution in [1.29, 1.82) is 0 Å². The number of hydrogen-bond donors (Lipinski definition) is 2. The molecule has 0 aliphatic heterocycles. The zero-order valence-corrected chi connectivity index (χ0v) is 12.5. The van der Waals surface area contributed by atoms with E-state index in [1.807, 2.05) is 0 Å². The zero-order chi connectivity index (χ0) is 14.5. The highest BCUT2D eigenvalue weighted by Crippen LogP contribution is 2.19. The monoisotopic (exact) mass is 290 g/mol. The molecular weight excluding hydrogens is 272 g/mol. The van der Waals surface area contributed by atoms with E-state index in [-0.39, 0.29) is 12.2 Å². The van der Waals surface area contributed by atoms with Gasteiger partial charge in [-0.1, -0.05) is 41.6 Å². The molecule has 0 fully saturated rings. The van der Waals surface area contributed by atoms with Crippen LogP contribution < -0.4 is 5.56 Å². The summed E-state index contributed by atoms with van der Waals surface area (Å²) < 4.78 is 0. The predicted molar refractivity (Wildman–Crippen MR) is 81.1 cm³/mol. The second-order valence-electron chi connectivity index (χ2n) is 4.68. The van der Waals surface area contributed by atoms with Crippen LogP contribution in [-0.4, -0.2) is 21.7 Å². The van der Waals surface area contributed by atoms with Crippen LogP contribution in [0.1, 0.15) is 22.4 Å². The van der Waals surface area contributed by atoms with Gasteiger partial charge in [-0.2, -0.15) is 0 Å². The van der Waals surface area contributed by atoms with E-state index in [9.17, 15) is 4.79 Å². The fourth-order valence-corrected chi connectivity index (χ4v) is 2.76. The summed E-state index contributed by atoms with van der Waals surface area (Å²) in [7, 11) is 0. The maximum absolute atomic E-state index is 11.9. The molecule has 20 heavy (non-hydrogen) atoms. The molecule has 4 nitrogen and oxygen atoms in total. The lowest BCUT2D eigenvalue weighted by Gasteiger charge is -2.06. The van der Waals surface area contributed by atoms with Crippen molar-refractivity contribution in [3.63, 3.8) is 0 Å². The molecule has 0 radical (unpaired) electrons. The Morgan fingerprint density at radius 3 is 2.55 bits per heavy atom. The van der Waals surface area contributed by atoms with Crippen LogP contribution in [0.15, 0.2) is 34.2 Å². The van der Waals surface area contributed by atoms with Gasteiger partial charge in [0.2, 0.25) is 0 Å². The summed E-state index contributed by atoms with van der Waals surface area (Å²) in [6.07, 6.45) is 0.344. The molecule has 2 rings (SSSR count). The van der Waals surface area contributed by atoms with Crippen LogP contribution in [-0.2, 0) is 12.2 Å². The van der Waals surface area contributed by atoms with Crippen molar-refractivity contribution in [2.45, 2.75) is 31.2 Å². The maximum Gasteiger partial charge on any atom is 0.255 e. The molecule has 5 heteroatoms. The molecular formula is C15H18N2O2S. The van der Waals surface area contributed by atoms with Gasteiger partial charge in [0, 0.05) is 30.0 Å². The Labute approximate surface area is 122 Å². The lowest BCUT2D eigenvalue weighted by atomic mass is 10.2. The van der Waals surface area contributed by atoms with Crippen LogP contribution in [0.5, 0.6) is 0 Å². The fraction of sp³-hybridized carbons (Fsp3) is 0.333. The molecule has 0 aliphatic rings. The standard InChI is InChI=1S/C15H18N2O2S/c1-10-3-5-12(6-4-10)9-20-15-16-11(2)13(7-8-18)14(19)17-15/h3-6,18H,7-9H2,1-2H3,(H,16,17,19). The van der Waals surface area contributed by atoms with Crippen molar-refractivity contribution in [3.05, 3.63) is 57.0 Å². The largest absolute Gasteiger partial charge is 0.396 e. The van der Waals surface area contributed by atoms with E-state index in [0.29, 0.717) is 22.8 Å². The van der Waals surface area contributed by atoms with Crippen molar-refractivity contribution in [2.24, 2.45) is 0 Å². The van der Waals surface area contributed by atoms with Gasteiger partial charge < -0.3 is 10.1 Å².